The third kappa shape index (κ3) is 3.31. The zero-order chi connectivity index (χ0) is 13.7. The molecule has 2 rings (SSSR count). The van der Waals surface area contributed by atoms with Crippen molar-refractivity contribution in [3.8, 4) is 0 Å². The zero-order valence-electron chi connectivity index (χ0n) is 11.1. The maximum Gasteiger partial charge on any atom is 0.255 e. The molecule has 0 radical (unpaired) electrons. The van der Waals surface area contributed by atoms with Crippen molar-refractivity contribution < 1.29 is 4.79 Å². The second-order valence-corrected chi connectivity index (χ2v) is 4.19. The fourth-order valence-electron chi connectivity index (χ4n) is 1.76. The minimum atomic E-state index is -0.138. The molecule has 2 aromatic rings. The summed E-state index contributed by atoms with van der Waals surface area (Å²) in [6, 6.07) is 3.48. The Morgan fingerprint density at radius 2 is 2.32 bits per heavy atom. The average Bonchev–Trinajstić information content (AvgIpc) is 2.84. The number of carbonyl (C=O) groups excluding carboxylic acids is 1. The minimum Gasteiger partial charge on any atom is -0.372 e. The molecule has 0 aliphatic heterocycles. The predicted octanol–water partition coefficient (Wildman–Crippen LogP) is 1.06. The number of aromatic nitrogens is 3. The standard InChI is InChI=1S/C13H17N5O/c1-10-8-17-18(9-10)7-6-16-13(19)11-4-3-5-15-12(11)14-2/h3-5,8-9H,6-7H2,1-2H3,(H,14,15)(H,16,19). The molecule has 6 heteroatoms. The van der Waals surface area contributed by atoms with Gasteiger partial charge >= 0.3 is 0 Å². The smallest absolute Gasteiger partial charge is 0.255 e. The first kappa shape index (κ1) is 13.1. The Hall–Kier alpha value is -2.37. The molecular weight excluding hydrogens is 242 g/mol. The van der Waals surface area contributed by atoms with Crippen molar-refractivity contribution in [3.63, 3.8) is 0 Å². The molecular formula is C13H17N5O. The predicted molar refractivity (Wildman–Crippen MR) is 73.1 cm³/mol. The summed E-state index contributed by atoms with van der Waals surface area (Å²) >= 11 is 0. The van der Waals surface area contributed by atoms with Crippen molar-refractivity contribution >= 4 is 11.7 Å². The van der Waals surface area contributed by atoms with Gasteiger partial charge in [-0.15, -0.1) is 0 Å². The molecule has 2 N–H and O–H groups in total. The summed E-state index contributed by atoms with van der Waals surface area (Å²) in [5.41, 5.74) is 1.65. The van der Waals surface area contributed by atoms with E-state index in [1.165, 1.54) is 0 Å². The summed E-state index contributed by atoms with van der Waals surface area (Å²) < 4.78 is 1.80. The van der Waals surface area contributed by atoms with Crippen molar-refractivity contribution in [1.82, 2.24) is 20.1 Å². The Labute approximate surface area is 111 Å². The molecule has 1 amide bonds. The fraction of sp³-hybridized carbons (Fsp3) is 0.308. The lowest BCUT2D eigenvalue weighted by Gasteiger charge is -2.08. The summed E-state index contributed by atoms with van der Waals surface area (Å²) in [7, 11) is 1.74. The van der Waals surface area contributed by atoms with Gasteiger partial charge in [0.15, 0.2) is 0 Å². The molecule has 0 saturated carbocycles. The van der Waals surface area contributed by atoms with Gasteiger partial charge in [0, 0.05) is 26.0 Å². The van der Waals surface area contributed by atoms with Crippen molar-refractivity contribution in [2.75, 3.05) is 18.9 Å². The van der Waals surface area contributed by atoms with E-state index in [-0.39, 0.29) is 5.91 Å². The summed E-state index contributed by atoms with van der Waals surface area (Å²) in [6.07, 6.45) is 5.38. The first-order valence-corrected chi connectivity index (χ1v) is 6.10. The van der Waals surface area contributed by atoms with E-state index in [4.69, 9.17) is 0 Å². The molecule has 0 unspecified atom stereocenters. The number of rotatable bonds is 5. The van der Waals surface area contributed by atoms with Crippen molar-refractivity contribution in [2.24, 2.45) is 0 Å². The van der Waals surface area contributed by atoms with Crippen LogP contribution in [0.3, 0.4) is 0 Å². The van der Waals surface area contributed by atoms with Gasteiger partial charge in [-0.05, 0) is 24.6 Å². The third-order valence-electron chi connectivity index (χ3n) is 2.68. The van der Waals surface area contributed by atoms with Gasteiger partial charge in [-0.2, -0.15) is 5.10 Å². The molecule has 0 atom stereocenters. The van der Waals surface area contributed by atoms with Crippen molar-refractivity contribution in [3.05, 3.63) is 41.9 Å². The van der Waals surface area contributed by atoms with E-state index in [2.05, 4.69) is 20.7 Å². The molecule has 2 aromatic heterocycles. The van der Waals surface area contributed by atoms with Crippen molar-refractivity contribution in [1.29, 1.82) is 0 Å². The van der Waals surface area contributed by atoms with Crippen LogP contribution in [0.1, 0.15) is 15.9 Å². The van der Waals surface area contributed by atoms with Gasteiger partial charge in [0.1, 0.15) is 5.82 Å². The maximum absolute atomic E-state index is 12.0. The number of hydrogen-bond donors (Lipinski definition) is 2. The van der Waals surface area contributed by atoms with Crippen LogP contribution in [0.25, 0.3) is 0 Å². The third-order valence-corrected chi connectivity index (χ3v) is 2.68. The average molecular weight is 259 g/mol. The topological polar surface area (TPSA) is 71.8 Å². The van der Waals surface area contributed by atoms with E-state index in [1.54, 1.807) is 36.3 Å². The van der Waals surface area contributed by atoms with E-state index in [0.29, 0.717) is 24.5 Å². The number of pyridine rings is 1. The van der Waals surface area contributed by atoms with E-state index < -0.39 is 0 Å². The molecule has 2 heterocycles. The van der Waals surface area contributed by atoms with Crippen LogP contribution in [0.2, 0.25) is 0 Å². The molecule has 6 nitrogen and oxygen atoms in total. The second kappa shape index (κ2) is 5.99. The van der Waals surface area contributed by atoms with Crippen LogP contribution in [-0.2, 0) is 6.54 Å². The highest BCUT2D eigenvalue weighted by Crippen LogP contribution is 2.09. The Bertz CT molecular complexity index is 564. The lowest BCUT2D eigenvalue weighted by molar-refractivity contribution is 0.0952. The normalized spacial score (nSPS) is 10.2. The number of aryl methyl sites for hydroxylation is 1. The van der Waals surface area contributed by atoms with Gasteiger partial charge in [0.25, 0.3) is 5.91 Å². The number of carbonyl (C=O) groups is 1. The first-order chi connectivity index (χ1) is 9.20. The highest BCUT2D eigenvalue weighted by Gasteiger charge is 2.10. The Morgan fingerprint density at radius 3 is 3.00 bits per heavy atom. The molecule has 0 saturated heterocycles. The molecule has 0 fully saturated rings. The SMILES string of the molecule is CNc1ncccc1C(=O)NCCn1cc(C)cn1. The van der Waals surface area contributed by atoms with E-state index in [9.17, 15) is 4.79 Å². The van der Waals surface area contributed by atoms with Crippen LogP contribution in [-0.4, -0.2) is 34.3 Å². The molecule has 0 bridgehead atoms. The van der Waals surface area contributed by atoms with Gasteiger partial charge in [0.2, 0.25) is 0 Å². The number of anilines is 1. The summed E-state index contributed by atoms with van der Waals surface area (Å²) in [6.45, 7) is 3.16. The van der Waals surface area contributed by atoms with Crippen LogP contribution in [0.15, 0.2) is 30.7 Å². The molecule has 19 heavy (non-hydrogen) atoms. The van der Waals surface area contributed by atoms with Crippen LogP contribution in [0.5, 0.6) is 0 Å². The first-order valence-electron chi connectivity index (χ1n) is 6.10. The zero-order valence-corrected chi connectivity index (χ0v) is 11.1. The van der Waals surface area contributed by atoms with E-state index in [0.717, 1.165) is 5.56 Å². The summed E-state index contributed by atoms with van der Waals surface area (Å²) in [5.74, 6) is 0.441. The van der Waals surface area contributed by atoms with Crippen LogP contribution < -0.4 is 10.6 Å². The van der Waals surface area contributed by atoms with Crippen LogP contribution in [0, 0.1) is 6.92 Å². The van der Waals surface area contributed by atoms with Gasteiger partial charge < -0.3 is 10.6 Å². The lowest BCUT2D eigenvalue weighted by Crippen LogP contribution is -2.28. The Morgan fingerprint density at radius 1 is 1.47 bits per heavy atom. The molecule has 0 aliphatic rings. The Balaban J connectivity index is 1.90. The number of nitrogens with zero attached hydrogens (tertiary/aromatic N) is 3. The monoisotopic (exact) mass is 259 g/mol. The van der Waals surface area contributed by atoms with E-state index >= 15 is 0 Å². The van der Waals surface area contributed by atoms with Gasteiger partial charge in [-0.25, -0.2) is 4.98 Å². The second-order valence-electron chi connectivity index (χ2n) is 4.19. The highest BCUT2D eigenvalue weighted by atomic mass is 16.1. The van der Waals surface area contributed by atoms with Crippen LogP contribution >= 0.6 is 0 Å². The largest absolute Gasteiger partial charge is 0.372 e. The Kier molecular flexibility index (Phi) is 4.12. The van der Waals surface area contributed by atoms with Crippen molar-refractivity contribution in [2.45, 2.75) is 13.5 Å². The van der Waals surface area contributed by atoms with Gasteiger partial charge in [-0.1, -0.05) is 0 Å². The maximum atomic E-state index is 12.0. The van der Waals surface area contributed by atoms with Gasteiger partial charge in [-0.3, -0.25) is 9.48 Å². The fourth-order valence-corrected chi connectivity index (χ4v) is 1.76. The number of hydrogen-bond acceptors (Lipinski definition) is 4. The number of nitrogens with one attached hydrogen (secondary N) is 2. The van der Waals surface area contributed by atoms with E-state index in [1.807, 2.05) is 13.1 Å². The molecule has 0 aromatic carbocycles. The molecule has 100 valence electrons. The highest BCUT2D eigenvalue weighted by molar-refractivity contribution is 5.98. The summed E-state index contributed by atoms with van der Waals surface area (Å²) in [5, 5.41) is 9.91. The van der Waals surface area contributed by atoms with Crippen LogP contribution in [0.4, 0.5) is 5.82 Å². The minimum absolute atomic E-state index is 0.138. The molecule has 0 aliphatic carbocycles. The quantitative estimate of drug-likeness (QED) is 0.842. The van der Waals surface area contributed by atoms with Gasteiger partial charge in [0.05, 0.1) is 18.3 Å². The molecule has 0 spiro atoms. The lowest BCUT2D eigenvalue weighted by atomic mass is 10.2. The summed E-state index contributed by atoms with van der Waals surface area (Å²) in [4.78, 5) is 16.1. The number of amides is 1.